The van der Waals surface area contributed by atoms with Crippen LogP contribution in [-0.2, 0) is 10.0 Å². The Morgan fingerprint density at radius 2 is 2.25 bits per heavy atom. The molecule has 5 nitrogen and oxygen atoms in total. The fourth-order valence-corrected chi connectivity index (χ4v) is 1.45. The van der Waals surface area contributed by atoms with Crippen molar-refractivity contribution in [2.24, 2.45) is 0 Å². The Morgan fingerprint density at radius 3 is 2.88 bits per heavy atom. The maximum atomic E-state index is 11.0. The van der Waals surface area contributed by atoms with Crippen LogP contribution >= 0.6 is 0 Å². The maximum absolute atomic E-state index is 11.0. The first-order chi connectivity index (χ1) is 7.51. The molecule has 0 amide bonds. The van der Waals surface area contributed by atoms with Crippen molar-refractivity contribution in [2.75, 3.05) is 17.6 Å². The van der Waals surface area contributed by atoms with Gasteiger partial charge in [-0.1, -0.05) is 12.0 Å². The lowest BCUT2D eigenvalue weighted by atomic mass is 10.3. The van der Waals surface area contributed by atoms with Crippen LogP contribution in [0.5, 0.6) is 0 Å². The largest absolute Gasteiger partial charge is 0.395 e. The third-order valence-corrected chi connectivity index (χ3v) is 2.07. The van der Waals surface area contributed by atoms with E-state index in [2.05, 4.69) is 21.5 Å². The van der Waals surface area contributed by atoms with Crippen LogP contribution in [0.4, 0.5) is 5.82 Å². The first-order valence-corrected chi connectivity index (χ1v) is 6.45. The van der Waals surface area contributed by atoms with Crippen LogP contribution in [0, 0.1) is 11.8 Å². The Labute approximate surface area is 94.6 Å². The Balaban J connectivity index is 2.84. The van der Waals surface area contributed by atoms with Gasteiger partial charge in [0.15, 0.2) is 0 Å². The third kappa shape index (κ3) is 4.77. The second-order valence-corrected chi connectivity index (χ2v) is 4.81. The lowest BCUT2D eigenvalue weighted by Gasteiger charge is -2.01. The number of pyridine rings is 1. The van der Waals surface area contributed by atoms with Gasteiger partial charge in [-0.3, -0.25) is 4.72 Å². The summed E-state index contributed by atoms with van der Waals surface area (Å²) in [4.78, 5) is 3.98. The van der Waals surface area contributed by atoms with Gasteiger partial charge in [-0.15, -0.1) is 0 Å². The number of nitrogens with zero attached hydrogens (tertiary/aromatic N) is 1. The van der Waals surface area contributed by atoms with Gasteiger partial charge in [0.05, 0.1) is 12.9 Å². The molecule has 0 fully saturated rings. The highest BCUT2D eigenvalue weighted by atomic mass is 32.2. The van der Waals surface area contributed by atoms with E-state index in [1.54, 1.807) is 12.1 Å². The number of hydrogen-bond acceptors (Lipinski definition) is 4. The summed E-state index contributed by atoms with van der Waals surface area (Å²) in [6.07, 6.45) is 1.42. The monoisotopic (exact) mass is 240 g/mol. The minimum absolute atomic E-state index is 0.00567. The van der Waals surface area contributed by atoms with Crippen LogP contribution in [0.1, 0.15) is 12.1 Å². The average Bonchev–Trinajstić information content (AvgIpc) is 2.16. The lowest BCUT2D eigenvalue weighted by molar-refractivity contribution is 0.305. The van der Waals surface area contributed by atoms with Crippen LogP contribution in [0.25, 0.3) is 0 Å². The summed E-state index contributed by atoms with van der Waals surface area (Å²) in [5.74, 6) is 5.65. The predicted octanol–water partition coefficient (Wildman–Crippen LogP) is 0.187. The van der Waals surface area contributed by atoms with Crippen molar-refractivity contribution in [1.29, 1.82) is 0 Å². The van der Waals surface area contributed by atoms with Crippen LogP contribution in [0.3, 0.4) is 0 Å². The quantitative estimate of drug-likeness (QED) is 0.739. The van der Waals surface area contributed by atoms with Gasteiger partial charge >= 0.3 is 0 Å². The van der Waals surface area contributed by atoms with E-state index in [0.29, 0.717) is 12.1 Å². The number of rotatable bonds is 3. The summed E-state index contributed by atoms with van der Waals surface area (Å²) >= 11 is 0. The van der Waals surface area contributed by atoms with Crippen LogP contribution in [0.2, 0.25) is 0 Å². The Morgan fingerprint density at radius 1 is 1.50 bits per heavy atom. The molecule has 6 heteroatoms. The molecule has 1 aromatic rings. The number of aliphatic hydroxyl groups excluding tert-OH is 1. The highest BCUT2D eigenvalue weighted by Crippen LogP contribution is 2.05. The molecule has 0 radical (unpaired) electrons. The molecule has 0 unspecified atom stereocenters. The number of sulfonamides is 1. The molecule has 1 heterocycles. The Bertz CT molecular complexity index is 514. The highest BCUT2D eigenvalue weighted by molar-refractivity contribution is 7.92. The molecule has 1 rings (SSSR count). The van der Waals surface area contributed by atoms with Crippen molar-refractivity contribution in [3.63, 3.8) is 0 Å². The number of hydrogen-bond donors (Lipinski definition) is 2. The van der Waals surface area contributed by atoms with Gasteiger partial charge in [0.25, 0.3) is 0 Å². The van der Waals surface area contributed by atoms with Crippen LogP contribution in [-0.4, -0.2) is 31.4 Å². The van der Waals surface area contributed by atoms with Gasteiger partial charge in [0.2, 0.25) is 10.0 Å². The normalized spacial score (nSPS) is 10.4. The second kappa shape index (κ2) is 5.49. The molecule has 0 saturated carbocycles. The number of aliphatic hydroxyl groups is 1. The van der Waals surface area contributed by atoms with Crippen molar-refractivity contribution < 1.29 is 13.5 Å². The van der Waals surface area contributed by atoms with Crippen molar-refractivity contribution in [2.45, 2.75) is 6.42 Å². The smallest absolute Gasteiger partial charge is 0.230 e. The molecule has 0 aliphatic rings. The molecule has 0 aromatic carbocycles. The predicted molar refractivity (Wildman–Crippen MR) is 61.3 cm³/mol. The lowest BCUT2D eigenvalue weighted by Crippen LogP contribution is -2.10. The summed E-state index contributed by atoms with van der Waals surface area (Å²) in [6, 6.07) is 4.86. The molecule has 0 saturated heterocycles. The maximum Gasteiger partial charge on any atom is 0.230 e. The van der Waals surface area contributed by atoms with Gasteiger partial charge in [0, 0.05) is 6.42 Å². The summed E-state index contributed by atoms with van der Waals surface area (Å²) in [5.41, 5.74) is 0.460. The molecule has 0 atom stereocenters. The average molecular weight is 240 g/mol. The highest BCUT2D eigenvalue weighted by Gasteiger charge is 2.02. The van der Waals surface area contributed by atoms with Gasteiger partial charge < -0.3 is 5.11 Å². The molecule has 2 N–H and O–H groups in total. The molecule has 1 aromatic heterocycles. The topological polar surface area (TPSA) is 79.3 Å². The molecular weight excluding hydrogens is 228 g/mol. The first kappa shape index (κ1) is 12.5. The number of aromatic nitrogens is 1. The van der Waals surface area contributed by atoms with Crippen molar-refractivity contribution in [1.82, 2.24) is 4.98 Å². The van der Waals surface area contributed by atoms with Crippen molar-refractivity contribution in [3.8, 4) is 11.8 Å². The molecular formula is C10H12N2O3S. The van der Waals surface area contributed by atoms with E-state index in [0.717, 1.165) is 6.26 Å². The summed E-state index contributed by atoms with van der Waals surface area (Å²) in [7, 11) is -3.32. The van der Waals surface area contributed by atoms with Crippen LogP contribution < -0.4 is 4.72 Å². The summed E-state index contributed by atoms with van der Waals surface area (Å²) in [6.45, 7) is -0.00567. The van der Waals surface area contributed by atoms with E-state index in [1.165, 1.54) is 6.07 Å². The fourth-order valence-electron chi connectivity index (χ4n) is 0.960. The number of nitrogens with one attached hydrogen (secondary N) is 1. The first-order valence-electron chi connectivity index (χ1n) is 4.56. The summed E-state index contributed by atoms with van der Waals surface area (Å²) in [5, 5.41) is 8.54. The Hall–Kier alpha value is -1.58. The zero-order valence-corrected chi connectivity index (χ0v) is 9.58. The molecule has 16 heavy (non-hydrogen) atoms. The minimum atomic E-state index is -3.32. The van der Waals surface area contributed by atoms with Crippen molar-refractivity contribution in [3.05, 3.63) is 23.9 Å². The number of anilines is 1. The molecule has 86 valence electrons. The fraction of sp³-hybridized carbons (Fsp3) is 0.300. The minimum Gasteiger partial charge on any atom is -0.395 e. The second-order valence-electron chi connectivity index (χ2n) is 3.06. The van der Waals surface area contributed by atoms with Crippen molar-refractivity contribution >= 4 is 15.8 Å². The van der Waals surface area contributed by atoms with E-state index < -0.39 is 10.0 Å². The molecule has 0 aliphatic heterocycles. The zero-order chi connectivity index (χ0) is 12.0. The van der Waals surface area contributed by atoms with Gasteiger partial charge in [0.1, 0.15) is 11.5 Å². The molecule has 0 bridgehead atoms. The molecule has 0 spiro atoms. The van der Waals surface area contributed by atoms with Gasteiger partial charge in [-0.25, -0.2) is 13.4 Å². The van der Waals surface area contributed by atoms with Crippen LogP contribution in [0.15, 0.2) is 18.2 Å². The van der Waals surface area contributed by atoms with Gasteiger partial charge in [-0.05, 0) is 18.1 Å². The zero-order valence-electron chi connectivity index (χ0n) is 8.77. The summed E-state index contributed by atoms with van der Waals surface area (Å²) < 4.78 is 24.2. The van der Waals surface area contributed by atoms with E-state index >= 15 is 0 Å². The Kier molecular flexibility index (Phi) is 4.28. The van der Waals surface area contributed by atoms with E-state index in [1.807, 2.05) is 0 Å². The van der Waals surface area contributed by atoms with Gasteiger partial charge in [-0.2, -0.15) is 0 Å². The van der Waals surface area contributed by atoms with E-state index in [4.69, 9.17) is 5.11 Å². The molecule has 0 aliphatic carbocycles. The standard InChI is InChI=1S/C10H12N2O3S/c1-16(14,15)12-10-7-4-6-9(11-10)5-2-3-8-13/h4,6-7,13H,3,8H2,1H3,(H,11,12). The van der Waals surface area contributed by atoms with E-state index in [9.17, 15) is 8.42 Å². The third-order valence-electron chi connectivity index (χ3n) is 1.49. The SMILES string of the molecule is CS(=O)(=O)Nc1cccc(C#CCCO)n1. The van der Waals surface area contributed by atoms with E-state index in [-0.39, 0.29) is 12.4 Å².